The Morgan fingerprint density at radius 2 is 1.61 bits per heavy atom. The Kier molecular flexibility index (Phi) is 6.31. The molecule has 1 aromatic heterocycles. The van der Waals surface area contributed by atoms with Gasteiger partial charge in [0.05, 0.1) is 34.1 Å². The van der Waals surface area contributed by atoms with E-state index in [1.807, 2.05) is 13.0 Å². The van der Waals surface area contributed by atoms with Gasteiger partial charge in [0.15, 0.2) is 0 Å². The Hall–Kier alpha value is -3.49. The largest absolute Gasteiger partial charge is 0.492 e. The summed E-state index contributed by atoms with van der Waals surface area (Å²) in [5.74, 6) is 0.814. The van der Waals surface area contributed by atoms with Crippen molar-refractivity contribution in [2.45, 2.75) is 24.8 Å². The number of hydrogen-bond donors (Lipinski definition) is 0. The van der Waals surface area contributed by atoms with Gasteiger partial charge >= 0.3 is 0 Å². The van der Waals surface area contributed by atoms with Gasteiger partial charge in [-0.3, -0.25) is 9.36 Å². The summed E-state index contributed by atoms with van der Waals surface area (Å²) in [6.07, 6.45) is 0. The molecular formula is C25H25N3O4S. The van der Waals surface area contributed by atoms with E-state index < -0.39 is 16.1 Å². The van der Waals surface area contributed by atoms with Gasteiger partial charge in [0.25, 0.3) is 5.56 Å². The van der Waals surface area contributed by atoms with Gasteiger partial charge in [0.1, 0.15) is 11.6 Å². The van der Waals surface area contributed by atoms with E-state index in [-0.39, 0.29) is 10.5 Å². The molecule has 0 saturated carbocycles. The molecule has 1 atom stereocenters. The van der Waals surface area contributed by atoms with Crippen LogP contribution >= 0.6 is 0 Å². The summed E-state index contributed by atoms with van der Waals surface area (Å²) in [5.41, 5.74) is 0.718. The van der Waals surface area contributed by atoms with E-state index in [4.69, 9.17) is 9.72 Å². The molecule has 0 saturated heterocycles. The van der Waals surface area contributed by atoms with Crippen molar-refractivity contribution in [1.29, 1.82) is 0 Å². The molecule has 0 aliphatic heterocycles. The van der Waals surface area contributed by atoms with Crippen LogP contribution in [0.15, 0.2) is 88.6 Å². The van der Waals surface area contributed by atoms with Crippen molar-refractivity contribution in [2.24, 2.45) is 0 Å². The molecule has 33 heavy (non-hydrogen) atoms. The number of benzene rings is 3. The Morgan fingerprint density at radius 3 is 2.33 bits per heavy atom. The van der Waals surface area contributed by atoms with Crippen LogP contribution in [0, 0.1) is 0 Å². The van der Waals surface area contributed by atoms with Crippen molar-refractivity contribution in [2.75, 3.05) is 13.7 Å². The van der Waals surface area contributed by atoms with Crippen LogP contribution in [0.25, 0.3) is 16.6 Å². The predicted octanol–water partition coefficient (Wildman–Crippen LogP) is 4.17. The predicted molar refractivity (Wildman–Crippen MR) is 128 cm³/mol. The summed E-state index contributed by atoms with van der Waals surface area (Å²) in [6.45, 7) is 4.00. The highest BCUT2D eigenvalue weighted by molar-refractivity contribution is 7.89. The molecule has 4 rings (SSSR count). The van der Waals surface area contributed by atoms with Crippen LogP contribution in [0.5, 0.6) is 5.75 Å². The van der Waals surface area contributed by atoms with E-state index in [0.29, 0.717) is 34.8 Å². The van der Waals surface area contributed by atoms with Crippen molar-refractivity contribution in [1.82, 2.24) is 13.9 Å². The third-order valence-corrected chi connectivity index (χ3v) is 7.49. The first-order valence-corrected chi connectivity index (χ1v) is 12.1. The topological polar surface area (TPSA) is 81.5 Å². The fourth-order valence-corrected chi connectivity index (χ4v) is 5.06. The minimum absolute atomic E-state index is 0.170. The van der Waals surface area contributed by atoms with Gasteiger partial charge in [-0.25, -0.2) is 13.4 Å². The summed E-state index contributed by atoms with van der Waals surface area (Å²) in [4.78, 5) is 18.6. The first-order valence-electron chi connectivity index (χ1n) is 10.6. The highest BCUT2D eigenvalue weighted by Crippen LogP contribution is 2.29. The van der Waals surface area contributed by atoms with Crippen LogP contribution in [-0.4, -0.2) is 35.9 Å². The van der Waals surface area contributed by atoms with Gasteiger partial charge < -0.3 is 4.74 Å². The maximum atomic E-state index is 13.7. The van der Waals surface area contributed by atoms with E-state index in [1.54, 1.807) is 79.7 Å². The monoisotopic (exact) mass is 463 g/mol. The van der Waals surface area contributed by atoms with Gasteiger partial charge in [0.2, 0.25) is 10.0 Å². The van der Waals surface area contributed by atoms with Crippen molar-refractivity contribution in [3.8, 4) is 11.4 Å². The second-order valence-corrected chi connectivity index (χ2v) is 9.54. The summed E-state index contributed by atoms with van der Waals surface area (Å²) in [5, 5.41) is 0.438. The number of hydrogen-bond acceptors (Lipinski definition) is 5. The Labute approximate surface area is 192 Å². The molecule has 0 fully saturated rings. The average Bonchev–Trinajstić information content (AvgIpc) is 2.84. The van der Waals surface area contributed by atoms with Crippen molar-refractivity contribution in [3.63, 3.8) is 0 Å². The fourth-order valence-electron chi connectivity index (χ4n) is 3.71. The third-order valence-electron chi connectivity index (χ3n) is 5.55. The van der Waals surface area contributed by atoms with Gasteiger partial charge in [0, 0.05) is 7.05 Å². The molecule has 0 aliphatic carbocycles. The van der Waals surface area contributed by atoms with E-state index in [9.17, 15) is 13.2 Å². The molecular weight excluding hydrogens is 438 g/mol. The molecule has 1 unspecified atom stereocenters. The minimum Gasteiger partial charge on any atom is -0.492 e. The van der Waals surface area contributed by atoms with E-state index in [2.05, 4.69) is 0 Å². The first-order chi connectivity index (χ1) is 15.9. The van der Waals surface area contributed by atoms with Crippen LogP contribution in [0.2, 0.25) is 0 Å². The molecule has 8 heteroatoms. The van der Waals surface area contributed by atoms with Crippen LogP contribution in [0.4, 0.5) is 0 Å². The highest BCUT2D eigenvalue weighted by atomic mass is 32.2. The standard InChI is InChI=1S/C25H25N3O4S/c1-4-32-23-17-11-10-16-22(23)28-24(26-21-15-9-8-14-20(21)25(28)29)18(2)27(3)33(30,31)19-12-6-5-7-13-19/h5-18H,4H2,1-3H3. The highest BCUT2D eigenvalue weighted by Gasteiger charge is 2.30. The van der Waals surface area contributed by atoms with Crippen molar-refractivity contribution >= 4 is 20.9 Å². The second kappa shape index (κ2) is 9.17. The lowest BCUT2D eigenvalue weighted by atomic mass is 10.2. The van der Waals surface area contributed by atoms with Gasteiger partial charge in [-0.1, -0.05) is 42.5 Å². The first kappa shape index (κ1) is 22.7. The van der Waals surface area contributed by atoms with E-state index in [0.717, 1.165) is 0 Å². The molecule has 0 amide bonds. The number of ether oxygens (including phenoxy) is 1. The lowest BCUT2D eigenvalue weighted by Gasteiger charge is -2.27. The Morgan fingerprint density at radius 1 is 0.970 bits per heavy atom. The van der Waals surface area contributed by atoms with Crippen molar-refractivity contribution in [3.05, 3.63) is 95.0 Å². The maximum absolute atomic E-state index is 13.7. The van der Waals surface area contributed by atoms with Crippen molar-refractivity contribution < 1.29 is 13.2 Å². The summed E-state index contributed by atoms with van der Waals surface area (Å²) < 4.78 is 35.1. The zero-order chi connectivity index (χ0) is 23.6. The summed E-state index contributed by atoms with van der Waals surface area (Å²) in [7, 11) is -2.33. The average molecular weight is 464 g/mol. The fraction of sp³-hybridized carbons (Fsp3) is 0.200. The van der Waals surface area contributed by atoms with Crippen LogP contribution in [-0.2, 0) is 10.0 Å². The van der Waals surface area contributed by atoms with Gasteiger partial charge in [-0.05, 0) is 50.2 Å². The maximum Gasteiger partial charge on any atom is 0.266 e. The molecule has 1 heterocycles. The smallest absolute Gasteiger partial charge is 0.266 e. The summed E-state index contributed by atoms with van der Waals surface area (Å²) in [6, 6.07) is 21.7. The second-order valence-electron chi connectivity index (χ2n) is 7.54. The Bertz CT molecular complexity index is 1450. The SMILES string of the molecule is CCOc1ccccc1-n1c(C(C)N(C)S(=O)(=O)c2ccccc2)nc2ccccc2c1=O. The van der Waals surface area contributed by atoms with Crippen LogP contribution in [0.1, 0.15) is 25.7 Å². The van der Waals surface area contributed by atoms with E-state index in [1.165, 1.54) is 15.9 Å². The van der Waals surface area contributed by atoms with E-state index >= 15 is 0 Å². The lowest BCUT2D eigenvalue weighted by Crippen LogP contribution is -2.35. The zero-order valence-corrected chi connectivity index (χ0v) is 19.5. The van der Waals surface area contributed by atoms with Crippen LogP contribution in [0.3, 0.4) is 0 Å². The van der Waals surface area contributed by atoms with Crippen LogP contribution < -0.4 is 10.3 Å². The number of nitrogens with zero attached hydrogens (tertiary/aromatic N) is 3. The zero-order valence-electron chi connectivity index (χ0n) is 18.7. The third kappa shape index (κ3) is 4.15. The number of fused-ring (bicyclic) bond motifs is 1. The van der Waals surface area contributed by atoms with Gasteiger partial charge in [-0.2, -0.15) is 4.31 Å². The van der Waals surface area contributed by atoms with Gasteiger partial charge in [-0.15, -0.1) is 0 Å². The number of rotatable bonds is 7. The quantitative estimate of drug-likeness (QED) is 0.411. The molecule has 0 spiro atoms. The molecule has 0 radical (unpaired) electrons. The minimum atomic E-state index is -3.83. The molecule has 0 bridgehead atoms. The number of para-hydroxylation sites is 3. The molecule has 0 aliphatic rings. The normalized spacial score (nSPS) is 12.7. The molecule has 170 valence electrons. The number of aromatic nitrogens is 2. The lowest BCUT2D eigenvalue weighted by molar-refractivity contribution is 0.337. The molecule has 0 N–H and O–H groups in total. The molecule has 4 aromatic rings. The summed E-state index contributed by atoms with van der Waals surface area (Å²) >= 11 is 0. The molecule has 3 aromatic carbocycles. The number of sulfonamides is 1. The molecule has 7 nitrogen and oxygen atoms in total. The Balaban J connectivity index is 1.96.